The summed E-state index contributed by atoms with van der Waals surface area (Å²) in [5.74, 6) is -2.30. The Labute approximate surface area is 92.8 Å². The Balaban J connectivity index is 3.21. The molecule has 3 nitrogen and oxygen atoms in total. The molecule has 0 spiro atoms. The van der Waals surface area contributed by atoms with Gasteiger partial charge in [-0.3, -0.25) is 0 Å². The van der Waals surface area contributed by atoms with Crippen LogP contribution >= 0.6 is 0 Å². The number of ether oxygens (including phenoxy) is 1. The van der Waals surface area contributed by atoms with Gasteiger partial charge in [-0.05, 0) is 19.9 Å². The van der Waals surface area contributed by atoms with Crippen LogP contribution in [0, 0.1) is 11.6 Å². The fraction of sp³-hybridized carbons (Fsp3) is 0.455. The summed E-state index contributed by atoms with van der Waals surface area (Å²) in [5.41, 5.74) is 5.83. The lowest BCUT2D eigenvalue weighted by Crippen LogP contribution is -2.18. The SMILES string of the molecule is CC(C)Oc1c(C(N)CO)ccc(F)c1F. The van der Waals surface area contributed by atoms with Gasteiger partial charge >= 0.3 is 0 Å². The van der Waals surface area contributed by atoms with Gasteiger partial charge in [-0.2, -0.15) is 4.39 Å². The average Bonchev–Trinajstić information content (AvgIpc) is 2.23. The third kappa shape index (κ3) is 2.68. The van der Waals surface area contributed by atoms with Crippen molar-refractivity contribution in [1.82, 2.24) is 0 Å². The van der Waals surface area contributed by atoms with Crippen LogP contribution < -0.4 is 10.5 Å². The maximum absolute atomic E-state index is 13.5. The summed E-state index contributed by atoms with van der Waals surface area (Å²) in [7, 11) is 0. The van der Waals surface area contributed by atoms with Crippen LogP contribution in [0.5, 0.6) is 5.75 Å². The van der Waals surface area contributed by atoms with Crippen LogP contribution in [0.3, 0.4) is 0 Å². The van der Waals surface area contributed by atoms with Gasteiger partial charge in [0.1, 0.15) is 0 Å². The maximum Gasteiger partial charge on any atom is 0.200 e. The molecule has 16 heavy (non-hydrogen) atoms. The first-order valence-corrected chi connectivity index (χ1v) is 4.98. The van der Waals surface area contributed by atoms with Crippen molar-refractivity contribution in [3.63, 3.8) is 0 Å². The monoisotopic (exact) mass is 231 g/mol. The zero-order chi connectivity index (χ0) is 12.3. The van der Waals surface area contributed by atoms with Gasteiger partial charge in [0.15, 0.2) is 11.6 Å². The molecule has 0 aliphatic rings. The van der Waals surface area contributed by atoms with Crippen molar-refractivity contribution in [2.24, 2.45) is 5.73 Å². The summed E-state index contributed by atoms with van der Waals surface area (Å²) in [6.45, 7) is 3.02. The fourth-order valence-electron chi connectivity index (χ4n) is 1.29. The molecule has 1 rings (SSSR count). The van der Waals surface area contributed by atoms with Gasteiger partial charge < -0.3 is 15.6 Å². The van der Waals surface area contributed by atoms with Gasteiger partial charge in [0.2, 0.25) is 5.82 Å². The molecule has 1 unspecified atom stereocenters. The molecule has 3 N–H and O–H groups in total. The molecule has 0 bridgehead atoms. The van der Waals surface area contributed by atoms with E-state index in [1.165, 1.54) is 6.07 Å². The minimum absolute atomic E-state index is 0.225. The highest BCUT2D eigenvalue weighted by Crippen LogP contribution is 2.29. The Bertz CT molecular complexity index is 369. The average molecular weight is 231 g/mol. The smallest absolute Gasteiger partial charge is 0.200 e. The van der Waals surface area contributed by atoms with Gasteiger partial charge in [0, 0.05) is 5.56 Å². The molecule has 0 saturated carbocycles. The van der Waals surface area contributed by atoms with E-state index in [0.29, 0.717) is 0 Å². The highest BCUT2D eigenvalue weighted by molar-refractivity contribution is 5.38. The third-order valence-electron chi connectivity index (χ3n) is 2.03. The first-order chi connectivity index (χ1) is 7.47. The van der Waals surface area contributed by atoms with Crippen LogP contribution in [0.1, 0.15) is 25.5 Å². The van der Waals surface area contributed by atoms with E-state index < -0.39 is 17.7 Å². The number of rotatable bonds is 4. The summed E-state index contributed by atoms with van der Waals surface area (Å²) < 4.78 is 31.7. The van der Waals surface area contributed by atoms with Gasteiger partial charge in [0.05, 0.1) is 18.8 Å². The van der Waals surface area contributed by atoms with Crippen LogP contribution in [-0.4, -0.2) is 17.8 Å². The normalized spacial score (nSPS) is 12.9. The van der Waals surface area contributed by atoms with Crippen LogP contribution in [-0.2, 0) is 0 Å². The van der Waals surface area contributed by atoms with Crippen molar-refractivity contribution in [1.29, 1.82) is 0 Å². The Hall–Kier alpha value is -1.20. The fourth-order valence-corrected chi connectivity index (χ4v) is 1.29. The minimum Gasteiger partial charge on any atom is -0.487 e. The second kappa shape index (κ2) is 5.23. The van der Waals surface area contributed by atoms with E-state index >= 15 is 0 Å². The Kier molecular flexibility index (Phi) is 4.20. The molecular weight excluding hydrogens is 216 g/mol. The van der Waals surface area contributed by atoms with E-state index in [0.717, 1.165) is 6.07 Å². The predicted molar refractivity (Wildman–Crippen MR) is 56.1 cm³/mol. The highest BCUT2D eigenvalue weighted by Gasteiger charge is 2.19. The van der Waals surface area contributed by atoms with Crippen molar-refractivity contribution in [3.8, 4) is 5.75 Å². The quantitative estimate of drug-likeness (QED) is 0.830. The van der Waals surface area contributed by atoms with Crippen molar-refractivity contribution >= 4 is 0 Å². The van der Waals surface area contributed by atoms with Crippen LogP contribution in [0.4, 0.5) is 8.78 Å². The number of hydrogen-bond acceptors (Lipinski definition) is 3. The highest BCUT2D eigenvalue weighted by atomic mass is 19.2. The van der Waals surface area contributed by atoms with E-state index in [9.17, 15) is 8.78 Å². The first-order valence-electron chi connectivity index (χ1n) is 4.98. The van der Waals surface area contributed by atoms with Gasteiger partial charge in [0.25, 0.3) is 0 Å². The first kappa shape index (κ1) is 12.9. The number of halogens is 2. The maximum atomic E-state index is 13.5. The van der Waals surface area contributed by atoms with Crippen molar-refractivity contribution < 1.29 is 18.6 Å². The molecule has 0 radical (unpaired) electrons. The minimum atomic E-state index is -1.07. The van der Waals surface area contributed by atoms with Crippen LogP contribution in [0.25, 0.3) is 0 Å². The Morgan fingerprint density at radius 1 is 1.38 bits per heavy atom. The second-order valence-electron chi connectivity index (χ2n) is 3.74. The van der Waals surface area contributed by atoms with E-state index in [1.54, 1.807) is 13.8 Å². The molecule has 1 aromatic carbocycles. The van der Waals surface area contributed by atoms with Crippen molar-refractivity contribution in [2.75, 3.05) is 6.61 Å². The van der Waals surface area contributed by atoms with Crippen molar-refractivity contribution in [2.45, 2.75) is 26.0 Å². The molecule has 90 valence electrons. The molecule has 1 aromatic rings. The molecule has 1 atom stereocenters. The molecule has 0 saturated heterocycles. The zero-order valence-electron chi connectivity index (χ0n) is 9.21. The summed E-state index contributed by atoms with van der Waals surface area (Å²) in [6.07, 6.45) is -0.305. The third-order valence-corrected chi connectivity index (χ3v) is 2.03. The number of hydrogen-bond donors (Lipinski definition) is 2. The van der Waals surface area contributed by atoms with E-state index in [-0.39, 0.29) is 24.0 Å². The van der Waals surface area contributed by atoms with Gasteiger partial charge in [-0.25, -0.2) is 4.39 Å². The lowest BCUT2D eigenvalue weighted by Gasteiger charge is -2.18. The van der Waals surface area contributed by atoms with Gasteiger partial charge in [-0.15, -0.1) is 0 Å². The van der Waals surface area contributed by atoms with Crippen LogP contribution in [0.15, 0.2) is 12.1 Å². The number of nitrogens with two attached hydrogens (primary N) is 1. The summed E-state index contributed by atoms with van der Waals surface area (Å²) in [5, 5.41) is 8.91. The molecule has 5 heteroatoms. The standard InChI is InChI=1S/C11H15F2NO2/c1-6(2)16-11-7(9(14)5-15)3-4-8(12)10(11)13/h3-4,6,9,15H,5,14H2,1-2H3. The Morgan fingerprint density at radius 2 is 2.00 bits per heavy atom. The second-order valence-corrected chi connectivity index (χ2v) is 3.74. The molecule has 0 aromatic heterocycles. The molecule has 0 aliphatic carbocycles. The number of aliphatic hydroxyl groups is 1. The zero-order valence-corrected chi connectivity index (χ0v) is 9.21. The van der Waals surface area contributed by atoms with E-state index in [4.69, 9.17) is 15.6 Å². The molecule has 0 amide bonds. The van der Waals surface area contributed by atoms with Crippen LogP contribution in [0.2, 0.25) is 0 Å². The van der Waals surface area contributed by atoms with Gasteiger partial charge in [-0.1, -0.05) is 6.07 Å². The number of benzene rings is 1. The van der Waals surface area contributed by atoms with Crippen molar-refractivity contribution in [3.05, 3.63) is 29.3 Å². The van der Waals surface area contributed by atoms with E-state index in [1.807, 2.05) is 0 Å². The summed E-state index contributed by atoms with van der Waals surface area (Å²) in [4.78, 5) is 0. The number of aliphatic hydroxyl groups excluding tert-OH is 1. The summed E-state index contributed by atoms with van der Waals surface area (Å²) in [6, 6.07) is 1.49. The largest absolute Gasteiger partial charge is 0.487 e. The lowest BCUT2D eigenvalue weighted by atomic mass is 10.1. The molecule has 0 aliphatic heterocycles. The molecular formula is C11H15F2NO2. The summed E-state index contributed by atoms with van der Waals surface area (Å²) >= 11 is 0. The molecule has 0 fully saturated rings. The molecule has 0 heterocycles. The Morgan fingerprint density at radius 3 is 2.50 bits per heavy atom. The topological polar surface area (TPSA) is 55.5 Å². The van der Waals surface area contributed by atoms with E-state index in [2.05, 4.69) is 0 Å². The predicted octanol–water partition coefficient (Wildman–Crippen LogP) is 1.74. The lowest BCUT2D eigenvalue weighted by molar-refractivity contribution is 0.217.